The van der Waals surface area contributed by atoms with Crippen LogP contribution in [0.3, 0.4) is 0 Å². The summed E-state index contributed by atoms with van der Waals surface area (Å²) < 4.78 is 36.1. The summed E-state index contributed by atoms with van der Waals surface area (Å²) in [4.78, 5) is 0. The number of alkyl halides is 3. The third-order valence-corrected chi connectivity index (χ3v) is 1.83. The van der Waals surface area contributed by atoms with Crippen molar-refractivity contribution in [3.8, 4) is 0 Å². The van der Waals surface area contributed by atoms with Gasteiger partial charge in [0.2, 0.25) is 0 Å². The van der Waals surface area contributed by atoms with Crippen molar-refractivity contribution in [1.82, 2.24) is 0 Å². The molecular formula is C7H7F3N2S. The molecule has 0 heterocycles. The Labute approximate surface area is 77.6 Å². The van der Waals surface area contributed by atoms with Crippen LogP contribution in [0.5, 0.6) is 0 Å². The van der Waals surface area contributed by atoms with E-state index < -0.39 is 5.51 Å². The highest BCUT2D eigenvalue weighted by atomic mass is 32.2. The Morgan fingerprint density at radius 1 is 1.15 bits per heavy atom. The predicted octanol–water partition coefficient (Wildman–Crippen LogP) is 2.53. The fourth-order valence-corrected chi connectivity index (χ4v) is 1.19. The van der Waals surface area contributed by atoms with Crippen molar-refractivity contribution in [2.45, 2.75) is 5.51 Å². The van der Waals surface area contributed by atoms with E-state index >= 15 is 0 Å². The van der Waals surface area contributed by atoms with Crippen LogP contribution in [0.25, 0.3) is 0 Å². The molecule has 72 valence electrons. The van der Waals surface area contributed by atoms with Crippen LogP contribution in [-0.2, 0) is 0 Å². The van der Waals surface area contributed by atoms with E-state index in [9.17, 15) is 13.2 Å². The van der Waals surface area contributed by atoms with Gasteiger partial charge in [-0.15, -0.1) is 0 Å². The monoisotopic (exact) mass is 208 g/mol. The van der Waals surface area contributed by atoms with Gasteiger partial charge in [0.05, 0.1) is 17.6 Å². The van der Waals surface area contributed by atoms with E-state index in [-0.39, 0.29) is 11.9 Å². The van der Waals surface area contributed by atoms with Gasteiger partial charge in [0, 0.05) is 0 Å². The summed E-state index contributed by atoms with van der Waals surface area (Å²) >= 11 is -0.379. The largest absolute Gasteiger partial charge is 0.463 e. The maximum Gasteiger partial charge on any atom is 0.463 e. The van der Waals surface area contributed by atoms with Gasteiger partial charge in [0.25, 0.3) is 0 Å². The van der Waals surface area contributed by atoms with Crippen LogP contribution in [0.4, 0.5) is 18.9 Å². The lowest BCUT2D eigenvalue weighted by atomic mass is 10.3. The van der Waals surface area contributed by atoms with Crippen molar-refractivity contribution in [2.24, 2.45) is 5.84 Å². The van der Waals surface area contributed by atoms with Gasteiger partial charge in [-0.2, -0.15) is 13.2 Å². The highest BCUT2D eigenvalue weighted by molar-refractivity contribution is 8.01. The molecule has 2 N–H and O–H groups in total. The minimum absolute atomic E-state index is 0.310. The Hall–Kier alpha value is -0.880. The lowest BCUT2D eigenvalue weighted by Crippen LogP contribution is -2.27. The lowest BCUT2D eigenvalue weighted by Gasteiger charge is -2.17. The summed E-state index contributed by atoms with van der Waals surface area (Å²) in [6.45, 7) is 0. The standard InChI is InChI=1S/C7H7F3N2S/c8-7(9,10)13-12(11)6-4-2-1-3-5-6/h1-5H,11H2. The van der Waals surface area contributed by atoms with Crippen molar-refractivity contribution < 1.29 is 13.2 Å². The summed E-state index contributed by atoms with van der Waals surface area (Å²) in [5.74, 6) is 5.16. The average molecular weight is 208 g/mol. The molecule has 0 radical (unpaired) electrons. The van der Waals surface area contributed by atoms with Gasteiger partial charge < -0.3 is 0 Å². The first-order chi connectivity index (χ1) is 5.99. The van der Waals surface area contributed by atoms with E-state index in [0.29, 0.717) is 10.1 Å². The quantitative estimate of drug-likeness (QED) is 0.460. The molecule has 0 saturated carbocycles. The zero-order valence-corrected chi connectivity index (χ0v) is 7.27. The molecule has 1 aromatic carbocycles. The fourth-order valence-electron chi connectivity index (χ4n) is 0.739. The normalized spacial score (nSPS) is 11.4. The topological polar surface area (TPSA) is 29.3 Å². The van der Waals surface area contributed by atoms with E-state index in [0.717, 1.165) is 0 Å². The highest BCUT2D eigenvalue weighted by Crippen LogP contribution is 2.33. The fraction of sp³-hybridized carbons (Fsp3) is 0.143. The van der Waals surface area contributed by atoms with Gasteiger partial charge in [0.15, 0.2) is 0 Å². The number of para-hydroxylation sites is 1. The molecule has 6 heteroatoms. The van der Waals surface area contributed by atoms with Gasteiger partial charge in [-0.05, 0) is 12.1 Å². The van der Waals surface area contributed by atoms with E-state index in [1.165, 1.54) is 12.1 Å². The maximum atomic E-state index is 11.8. The Balaban J connectivity index is 2.64. The smallest absolute Gasteiger partial charge is 0.245 e. The van der Waals surface area contributed by atoms with Crippen LogP contribution in [-0.4, -0.2) is 5.51 Å². The second-order valence-electron chi connectivity index (χ2n) is 2.20. The van der Waals surface area contributed by atoms with Crippen LogP contribution in [0.1, 0.15) is 0 Å². The summed E-state index contributed by atoms with van der Waals surface area (Å²) in [7, 11) is 0. The van der Waals surface area contributed by atoms with Gasteiger partial charge in [-0.25, -0.2) is 10.3 Å². The van der Waals surface area contributed by atoms with Gasteiger partial charge in [-0.3, -0.25) is 0 Å². The zero-order valence-electron chi connectivity index (χ0n) is 6.45. The van der Waals surface area contributed by atoms with Gasteiger partial charge >= 0.3 is 5.51 Å². The molecular weight excluding hydrogens is 201 g/mol. The van der Waals surface area contributed by atoms with Crippen LogP contribution < -0.4 is 10.3 Å². The van der Waals surface area contributed by atoms with Crippen molar-refractivity contribution in [3.63, 3.8) is 0 Å². The molecule has 0 saturated heterocycles. The van der Waals surface area contributed by atoms with Crippen molar-refractivity contribution in [1.29, 1.82) is 0 Å². The van der Waals surface area contributed by atoms with Crippen LogP contribution >= 0.6 is 11.9 Å². The molecule has 0 aliphatic rings. The Kier molecular flexibility index (Phi) is 3.05. The van der Waals surface area contributed by atoms with Crippen LogP contribution in [0, 0.1) is 0 Å². The van der Waals surface area contributed by atoms with Crippen molar-refractivity contribution >= 4 is 17.6 Å². The molecule has 0 spiro atoms. The number of hydrogen-bond donors (Lipinski definition) is 1. The average Bonchev–Trinajstić information content (AvgIpc) is 2.03. The molecule has 0 aliphatic heterocycles. The summed E-state index contributed by atoms with van der Waals surface area (Å²) in [6.07, 6.45) is 0. The number of halogens is 3. The minimum atomic E-state index is -4.36. The van der Waals surface area contributed by atoms with E-state index in [1.54, 1.807) is 18.2 Å². The minimum Gasteiger partial charge on any atom is -0.245 e. The third kappa shape index (κ3) is 3.56. The highest BCUT2D eigenvalue weighted by Gasteiger charge is 2.32. The number of anilines is 1. The first-order valence-corrected chi connectivity index (χ1v) is 4.12. The Morgan fingerprint density at radius 3 is 2.15 bits per heavy atom. The maximum absolute atomic E-state index is 11.8. The molecule has 0 aromatic heterocycles. The number of benzene rings is 1. The molecule has 0 amide bonds. The SMILES string of the molecule is NN(SC(F)(F)F)c1ccccc1. The molecule has 1 aromatic rings. The summed E-state index contributed by atoms with van der Waals surface area (Å²) in [5, 5.41) is 0. The van der Waals surface area contributed by atoms with Crippen molar-refractivity contribution in [3.05, 3.63) is 30.3 Å². The molecule has 0 unspecified atom stereocenters. The van der Waals surface area contributed by atoms with E-state index in [4.69, 9.17) is 5.84 Å². The molecule has 13 heavy (non-hydrogen) atoms. The first kappa shape index (κ1) is 10.2. The second-order valence-corrected chi connectivity index (χ2v) is 3.24. The molecule has 1 rings (SSSR count). The number of rotatable bonds is 2. The Morgan fingerprint density at radius 2 is 1.69 bits per heavy atom. The number of hydrogen-bond acceptors (Lipinski definition) is 3. The molecule has 2 nitrogen and oxygen atoms in total. The number of nitrogens with zero attached hydrogens (tertiary/aromatic N) is 1. The predicted molar refractivity (Wildman–Crippen MR) is 46.8 cm³/mol. The van der Waals surface area contributed by atoms with Crippen LogP contribution in [0.15, 0.2) is 30.3 Å². The van der Waals surface area contributed by atoms with E-state index in [1.807, 2.05) is 0 Å². The van der Waals surface area contributed by atoms with Gasteiger partial charge in [0.1, 0.15) is 0 Å². The molecule has 0 atom stereocenters. The van der Waals surface area contributed by atoms with Gasteiger partial charge in [-0.1, -0.05) is 18.2 Å². The molecule has 0 fully saturated rings. The first-order valence-electron chi connectivity index (χ1n) is 3.35. The molecule has 0 aliphatic carbocycles. The van der Waals surface area contributed by atoms with Crippen LogP contribution in [0.2, 0.25) is 0 Å². The summed E-state index contributed by atoms with van der Waals surface area (Å²) in [5.41, 5.74) is -4.05. The zero-order chi connectivity index (χ0) is 9.90. The number of nitrogens with two attached hydrogens (primary N) is 1. The lowest BCUT2D eigenvalue weighted by molar-refractivity contribution is -0.0329. The third-order valence-electron chi connectivity index (χ3n) is 1.21. The number of hydrazine groups is 1. The Bertz CT molecular complexity index is 262. The molecule has 0 bridgehead atoms. The summed E-state index contributed by atoms with van der Waals surface area (Å²) in [6, 6.07) is 7.94. The van der Waals surface area contributed by atoms with Crippen molar-refractivity contribution in [2.75, 3.05) is 4.41 Å². The van der Waals surface area contributed by atoms with E-state index in [2.05, 4.69) is 0 Å². The second kappa shape index (κ2) is 3.89.